The van der Waals surface area contributed by atoms with E-state index in [1.165, 1.54) is 0 Å². The van der Waals surface area contributed by atoms with Gasteiger partial charge in [-0.05, 0) is 13.3 Å². The average molecular weight is 364 g/mol. The first kappa shape index (κ1) is 22.0. The Balaban J connectivity index is 0. The SMILES string of the molecule is CCC[P+](=S)OC[N+](=O)[O-].CCO[P+](=S)CC[N+](=O)[O-]. The van der Waals surface area contributed by atoms with Crippen LogP contribution in [0.5, 0.6) is 0 Å². The van der Waals surface area contributed by atoms with Gasteiger partial charge in [-0.2, -0.15) is 4.52 Å². The Morgan fingerprint density at radius 3 is 1.95 bits per heavy atom. The highest BCUT2D eigenvalue weighted by atomic mass is 32.4. The van der Waals surface area contributed by atoms with Gasteiger partial charge in [-0.1, -0.05) is 11.4 Å². The summed E-state index contributed by atoms with van der Waals surface area (Å²) in [5.41, 5.74) is 0. The zero-order chi connectivity index (χ0) is 16.0. The van der Waals surface area contributed by atoms with Gasteiger partial charge in [-0.3, -0.25) is 20.2 Å². The lowest BCUT2D eigenvalue weighted by atomic mass is 10.6. The molecule has 2 atom stereocenters. The largest absolute Gasteiger partial charge is 0.348 e. The molecule has 0 bridgehead atoms. The number of hydrogen-bond donors (Lipinski definition) is 0. The molecule has 2 unspecified atom stereocenters. The van der Waals surface area contributed by atoms with Crippen molar-refractivity contribution >= 4 is 37.5 Å². The van der Waals surface area contributed by atoms with Gasteiger partial charge in [-0.15, -0.1) is 0 Å². The molecule has 0 radical (unpaired) electrons. The van der Waals surface area contributed by atoms with Crippen molar-refractivity contribution in [3.63, 3.8) is 0 Å². The highest BCUT2D eigenvalue weighted by Crippen LogP contribution is 2.22. The Kier molecular flexibility index (Phi) is 16.7. The standard InChI is InChI=1S/2C4H9NO3PS/c1-2-8-9(10)4-3-5(6)7;1-2-3-9(10)8-4-5(6)7/h2*2-4H2,1H3/q2*+1. The van der Waals surface area contributed by atoms with Gasteiger partial charge in [0.2, 0.25) is 12.7 Å². The Labute approximate surface area is 129 Å². The van der Waals surface area contributed by atoms with E-state index in [2.05, 4.69) is 0 Å². The van der Waals surface area contributed by atoms with E-state index in [-0.39, 0.29) is 11.5 Å². The van der Waals surface area contributed by atoms with E-state index in [0.717, 1.165) is 12.6 Å². The molecule has 0 aromatic carbocycles. The van der Waals surface area contributed by atoms with Crippen molar-refractivity contribution in [1.82, 2.24) is 0 Å². The summed E-state index contributed by atoms with van der Waals surface area (Å²) < 4.78 is 9.69. The van der Waals surface area contributed by atoms with Gasteiger partial charge >= 0.3 is 20.6 Å². The average Bonchev–Trinajstić information content (AvgIpc) is 2.35. The van der Waals surface area contributed by atoms with Crippen molar-refractivity contribution in [2.45, 2.75) is 20.3 Å². The van der Waals surface area contributed by atoms with Gasteiger partial charge in [0.1, 0.15) is 6.16 Å². The molecule has 0 fully saturated rings. The van der Waals surface area contributed by atoms with Gasteiger partial charge in [0.05, 0.1) is 11.5 Å². The van der Waals surface area contributed by atoms with Crippen LogP contribution in [0.3, 0.4) is 0 Å². The summed E-state index contributed by atoms with van der Waals surface area (Å²) in [7, 11) is 0. The van der Waals surface area contributed by atoms with E-state index in [1.807, 2.05) is 13.8 Å². The van der Waals surface area contributed by atoms with Crippen LogP contribution >= 0.6 is 13.8 Å². The van der Waals surface area contributed by atoms with Crippen LogP contribution in [0.15, 0.2) is 0 Å². The van der Waals surface area contributed by atoms with Crippen LogP contribution in [0.2, 0.25) is 0 Å². The minimum Gasteiger partial charge on any atom is -0.264 e. The van der Waals surface area contributed by atoms with Crippen molar-refractivity contribution in [2.24, 2.45) is 0 Å². The van der Waals surface area contributed by atoms with Gasteiger partial charge in [-0.25, -0.2) is 0 Å². The molecular formula is C8H18N2O6P2S2+2. The number of nitrogens with zero attached hydrogens (tertiary/aromatic N) is 2. The molecule has 0 saturated heterocycles. The van der Waals surface area contributed by atoms with Crippen molar-refractivity contribution in [3.05, 3.63) is 20.2 Å². The summed E-state index contributed by atoms with van der Waals surface area (Å²) in [6.07, 6.45) is 2.07. The molecule has 20 heavy (non-hydrogen) atoms. The molecule has 0 saturated carbocycles. The fourth-order valence-electron chi connectivity index (χ4n) is 0.731. The lowest BCUT2D eigenvalue weighted by Gasteiger charge is -1.85. The predicted molar refractivity (Wildman–Crippen MR) is 85.0 cm³/mol. The van der Waals surface area contributed by atoms with E-state index >= 15 is 0 Å². The zero-order valence-corrected chi connectivity index (χ0v) is 14.7. The molecule has 0 aliphatic carbocycles. The van der Waals surface area contributed by atoms with Gasteiger partial charge in [0.25, 0.3) is 0 Å². The van der Waals surface area contributed by atoms with Crippen LogP contribution in [-0.2, 0) is 32.7 Å². The molecule has 0 amide bonds. The maximum Gasteiger partial charge on any atom is 0.348 e. The van der Waals surface area contributed by atoms with Crippen molar-refractivity contribution in [3.8, 4) is 0 Å². The minimum atomic E-state index is -0.972. The quantitative estimate of drug-likeness (QED) is 0.252. The molecule has 0 aliphatic rings. The first-order valence-corrected chi connectivity index (χ1v) is 10.6. The summed E-state index contributed by atoms with van der Waals surface area (Å²) >= 11 is 9.59. The highest BCUT2D eigenvalue weighted by molar-refractivity contribution is 8.03. The fourth-order valence-corrected chi connectivity index (χ4v) is 3.44. The summed E-state index contributed by atoms with van der Waals surface area (Å²) in [5, 5.41) is 19.6. The second kappa shape index (κ2) is 15.2. The van der Waals surface area contributed by atoms with Crippen LogP contribution in [0.25, 0.3) is 0 Å². The van der Waals surface area contributed by atoms with E-state index in [9.17, 15) is 20.2 Å². The molecule has 0 heterocycles. The molecule has 0 aromatic heterocycles. The summed E-state index contributed by atoms with van der Waals surface area (Å²) in [4.78, 5) is 18.7. The lowest BCUT2D eigenvalue weighted by Crippen LogP contribution is -2.03. The second-order valence-electron chi connectivity index (χ2n) is 3.18. The smallest absolute Gasteiger partial charge is 0.264 e. The van der Waals surface area contributed by atoms with Gasteiger partial charge in [0, 0.05) is 4.92 Å². The first-order valence-electron chi connectivity index (χ1n) is 5.72. The molecule has 116 valence electrons. The Morgan fingerprint density at radius 1 is 1.00 bits per heavy atom. The van der Waals surface area contributed by atoms with Gasteiger partial charge in [0.15, 0.2) is 23.6 Å². The molecular weight excluding hydrogens is 346 g/mol. The van der Waals surface area contributed by atoms with Crippen LogP contribution in [0.1, 0.15) is 20.3 Å². The maximum absolute atomic E-state index is 9.82. The van der Waals surface area contributed by atoms with Crippen molar-refractivity contribution in [1.29, 1.82) is 0 Å². The van der Waals surface area contributed by atoms with E-state index in [0.29, 0.717) is 12.8 Å². The number of rotatable bonds is 10. The summed E-state index contributed by atoms with van der Waals surface area (Å²) in [5.74, 6) is 0. The molecule has 0 N–H and O–H groups in total. The molecule has 0 spiro atoms. The zero-order valence-electron chi connectivity index (χ0n) is 11.3. The van der Waals surface area contributed by atoms with Crippen LogP contribution < -0.4 is 0 Å². The topological polar surface area (TPSA) is 105 Å². The third-order valence-electron chi connectivity index (χ3n) is 1.45. The van der Waals surface area contributed by atoms with E-state index < -0.39 is 25.5 Å². The van der Waals surface area contributed by atoms with Crippen molar-refractivity contribution < 1.29 is 18.9 Å². The molecule has 0 aromatic rings. The minimum absolute atomic E-state index is 0.0742. The third kappa shape index (κ3) is 20.1. The summed E-state index contributed by atoms with van der Waals surface area (Å²) in [6, 6.07) is 0. The summed E-state index contributed by atoms with van der Waals surface area (Å²) in [6.45, 7) is 1.88. The molecule has 8 nitrogen and oxygen atoms in total. The van der Waals surface area contributed by atoms with E-state index in [4.69, 9.17) is 32.7 Å². The second-order valence-corrected chi connectivity index (χ2v) is 8.36. The molecule has 0 rings (SSSR count). The Hall–Kier alpha value is -0.240. The molecule has 0 aliphatic heterocycles. The lowest BCUT2D eigenvalue weighted by molar-refractivity contribution is -0.513. The molecule has 12 heteroatoms. The Morgan fingerprint density at radius 2 is 1.55 bits per heavy atom. The fraction of sp³-hybridized carbons (Fsp3) is 1.00. The van der Waals surface area contributed by atoms with Crippen LogP contribution in [0, 0.1) is 20.2 Å². The highest BCUT2D eigenvalue weighted by Gasteiger charge is 2.14. The van der Waals surface area contributed by atoms with Crippen molar-refractivity contribution in [2.75, 3.05) is 32.2 Å². The third-order valence-corrected chi connectivity index (χ3v) is 5.51. The monoisotopic (exact) mass is 364 g/mol. The number of hydrogen-bond acceptors (Lipinski definition) is 8. The predicted octanol–water partition coefficient (Wildman–Crippen LogP) is 2.66. The maximum atomic E-state index is 9.82. The van der Waals surface area contributed by atoms with Gasteiger partial charge < -0.3 is 0 Å². The normalized spacial score (nSPS) is 11.1. The van der Waals surface area contributed by atoms with E-state index in [1.54, 1.807) is 0 Å². The van der Waals surface area contributed by atoms with Crippen LogP contribution in [0.4, 0.5) is 0 Å². The Bertz CT molecular complexity index is 313. The van der Waals surface area contributed by atoms with Crippen LogP contribution in [-0.4, -0.2) is 42.1 Å². The first-order chi connectivity index (χ1) is 9.33. The number of nitro groups is 2.